The zero-order valence-corrected chi connectivity index (χ0v) is 13.0. The van der Waals surface area contributed by atoms with Gasteiger partial charge in [-0.25, -0.2) is 12.7 Å². The minimum atomic E-state index is -3.54. The van der Waals surface area contributed by atoms with E-state index in [9.17, 15) is 13.5 Å². The van der Waals surface area contributed by atoms with Crippen LogP contribution >= 0.6 is 0 Å². The number of nitrogens with two attached hydrogens (primary N) is 1. The molecule has 3 rings (SSSR count). The molecule has 0 radical (unpaired) electrons. The molecule has 2 saturated carbocycles. The van der Waals surface area contributed by atoms with Crippen molar-refractivity contribution in [2.45, 2.75) is 30.6 Å². The Hall–Kier alpha value is -1.27. The molecule has 0 saturated heterocycles. The molecule has 1 aromatic carbocycles. The van der Waals surface area contributed by atoms with Gasteiger partial charge in [0.2, 0.25) is 10.0 Å². The second-order valence-corrected chi connectivity index (χ2v) is 8.49. The lowest BCUT2D eigenvalue weighted by Gasteiger charge is -2.26. The first kappa shape index (κ1) is 14.7. The number of nitrogens with zero attached hydrogens (tertiary/aromatic N) is 1. The van der Waals surface area contributed by atoms with E-state index < -0.39 is 10.0 Å². The molecule has 116 valence electrons. The van der Waals surface area contributed by atoms with Gasteiger partial charge in [-0.1, -0.05) is 6.42 Å². The van der Waals surface area contributed by atoms with Gasteiger partial charge in [-0.3, -0.25) is 0 Å². The molecular formula is C15H22N2O3S. The molecule has 0 aromatic heterocycles. The Balaban J connectivity index is 1.76. The first-order valence-electron chi connectivity index (χ1n) is 7.42. The van der Waals surface area contributed by atoms with E-state index in [-0.39, 0.29) is 16.3 Å². The molecule has 0 spiro atoms. The molecule has 0 amide bonds. The van der Waals surface area contributed by atoms with E-state index in [0.29, 0.717) is 18.4 Å². The van der Waals surface area contributed by atoms with Crippen LogP contribution in [0.15, 0.2) is 23.1 Å². The highest BCUT2D eigenvalue weighted by Gasteiger charge is 2.40. The molecule has 2 aliphatic rings. The predicted molar refractivity (Wildman–Crippen MR) is 81.3 cm³/mol. The largest absolute Gasteiger partial charge is 0.506 e. The van der Waals surface area contributed by atoms with Crippen molar-refractivity contribution in [3.05, 3.63) is 18.2 Å². The summed E-state index contributed by atoms with van der Waals surface area (Å²) < 4.78 is 26.6. The summed E-state index contributed by atoms with van der Waals surface area (Å²) in [6.45, 7) is 0.574. The maximum Gasteiger partial charge on any atom is 0.242 e. The molecule has 0 heterocycles. The Morgan fingerprint density at radius 2 is 2.10 bits per heavy atom. The lowest BCUT2D eigenvalue weighted by atomic mass is 9.89. The van der Waals surface area contributed by atoms with Gasteiger partial charge in [0.05, 0.1) is 10.6 Å². The average molecular weight is 310 g/mol. The highest BCUT2D eigenvalue weighted by atomic mass is 32.2. The standard InChI is InChI=1S/C15H22N2O3S/c1-17(9-12-7-10-2-3-11(12)6-10)21(19,20)13-4-5-15(18)14(16)8-13/h4-5,8,10-12,18H,2-3,6-7,9,16H2,1H3. The highest BCUT2D eigenvalue weighted by molar-refractivity contribution is 7.89. The number of aromatic hydroxyl groups is 1. The molecule has 0 aliphatic heterocycles. The summed E-state index contributed by atoms with van der Waals surface area (Å²) in [4.78, 5) is 0.142. The van der Waals surface area contributed by atoms with Crippen molar-refractivity contribution in [1.82, 2.24) is 4.31 Å². The summed E-state index contributed by atoms with van der Waals surface area (Å²) in [6.07, 6.45) is 4.98. The van der Waals surface area contributed by atoms with Crippen LogP contribution in [0, 0.1) is 17.8 Å². The normalized spacial score (nSPS) is 28.4. The van der Waals surface area contributed by atoms with Crippen LogP contribution in [-0.2, 0) is 10.0 Å². The van der Waals surface area contributed by atoms with Crippen LogP contribution in [0.25, 0.3) is 0 Å². The van der Waals surface area contributed by atoms with Gasteiger partial charge < -0.3 is 10.8 Å². The molecular weight excluding hydrogens is 288 g/mol. The number of hydrogen-bond acceptors (Lipinski definition) is 4. The van der Waals surface area contributed by atoms with E-state index in [2.05, 4.69) is 0 Å². The summed E-state index contributed by atoms with van der Waals surface area (Å²) in [5, 5.41) is 9.42. The van der Waals surface area contributed by atoms with Crippen LogP contribution in [0.4, 0.5) is 5.69 Å². The number of phenolic OH excluding ortho intramolecular Hbond substituents is 1. The Kier molecular flexibility index (Phi) is 3.61. The number of fused-ring (bicyclic) bond motifs is 2. The van der Waals surface area contributed by atoms with Crippen LogP contribution in [0.3, 0.4) is 0 Å². The van der Waals surface area contributed by atoms with Gasteiger partial charge in [0.15, 0.2) is 0 Å². The Bertz CT molecular complexity index is 644. The molecule has 1 aromatic rings. The Labute approximate surface area is 125 Å². The van der Waals surface area contributed by atoms with Crippen LogP contribution in [0.2, 0.25) is 0 Å². The topological polar surface area (TPSA) is 83.6 Å². The highest BCUT2D eigenvalue weighted by Crippen LogP contribution is 2.48. The monoisotopic (exact) mass is 310 g/mol. The zero-order chi connectivity index (χ0) is 15.2. The number of sulfonamides is 1. The number of nitrogen functional groups attached to an aromatic ring is 1. The lowest BCUT2D eigenvalue weighted by molar-refractivity contribution is 0.280. The maximum absolute atomic E-state index is 12.6. The van der Waals surface area contributed by atoms with Crippen LogP contribution in [-0.4, -0.2) is 31.4 Å². The fourth-order valence-corrected chi connectivity index (χ4v) is 5.16. The van der Waals surface area contributed by atoms with Crippen molar-refractivity contribution >= 4 is 15.7 Å². The molecule has 6 heteroatoms. The van der Waals surface area contributed by atoms with Crippen LogP contribution in [0.5, 0.6) is 5.75 Å². The summed E-state index contributed by atoms with van der Waals surface area (Å²) in [6, 6.07) is 4.05. The molecule has 2 bridgehead atoms. The first-order valence-corrected chi connectivity index (χ1v) is 8.86. The van der Waals surface area contributed by atoms with Gasteiger partial charge in [0.25, 0.3) is 0 Å². The van der Waals surface area contributed by atoms with Gasteiger partial charge in [0, 0.05) is 13.6 Å². The van der Waals surface area contributed by atoms with Gasteiger partial charge in [-0.2, -0.15) is 0 Å². The van der Waals surface area contributed by atoms with Crippen molar-refractivity contribution < 1.29 is 13.5 Å². The van der Waals surface area contributed by atoms with E-state index in [1.165, 1.54) is 41.8 Å². The van der Waals surface area contributed by atoms with Crippen molar-refractivity contribution in [2.24, 2.45) is 17.8 Å². The third-order valence-corrected chi connectivity index (χ3v) is 6.90. The summed E-state index contributed by atoms with van der Waals surface area (Å²) >= 11 is 0. The third-order valence-electron chi connectivity index (χ3n) is 5.08. The molecule has 2 aliphatic carbocycles. The lowest BCUT2D eigenvalue weighted by Crippen LogP contribution is -2.33. The van der Waals surface area contributed by atoms with Crippen LogP contribution < -0.4 is 5.73 Å². The number of hydrogen-bond donors (Lipinski definition) is 2. The quantitative estimate of drug-likeness (QED) is 0.658. The predicted octanol–water partition coefficient (Wildman–Crippen LogP) is 2.03. The summed E-state index contributed by atoms with van der Waals surface area (Å²) in [5.74, 6) is 1.89. The molecule has 3 N–H and O–H groups in total. The summed E-state index contributed by atoms with van der Waals surface area (Å²) in [5.41, 5.74) is 5.68. The molecule has 3 unspecified atom stereocenters. The van der Waals surface area contributed by atoms with Gasteiger partial charge in [-0.05, 0) is 55.2 Å². The van der Waals surface area contributed by atoms with Crippen LogP contribution in [0.1, 0.15) is 25.7 Å². The summed E-state index contributed by atoms with van der Waals surface area (Å²) in [7, 11) is -1.91. The fourth-order valence-electron chi connectivity index (χ4n) is 3.90. The minimum Gasteiger partial charge on any atom is -0.506 e. The molecule has 5 nitrogen and oxygen atoms in total. The second kappa shape index (κ2) is 5.18. The average Bonchev–Trinajstić information content (AvgIpc) is 3.04. The first-order chi connectivity index (χ1) is 9.88. The van der Waals surface area contributed by atoms with Crippen molar-refractivity contribution in [1.29, 1.82) is 0 Å². The van der Waals surface area contributed by atoms with Crippen molar-refractivity contribution in [2.75, 3.05) is 19.3 Å². The number of rotatable bonds is 4. The fraction of sp³-hybridized carbons (Fsp3) is 0.600. The van der Waals surface area contributed by atoms with E-state index >= 15 is 0 Å². The smallest absolute Gasteiger partial charge is 0.242 e. The van der Waals surface area contributed by atoms with Gasteiger partial charge >= 0.3 is 0 Å². The van der Waals surface area contributed by atoms with E-state index in [4.69, 9.17) is 5.73 Å². The molecule has 21 heavy (non-hydrogen) atoms. The zero-order valence-electron chi connectivity index (χ0n) is 12.2. The van der Waals surface area contributed by atoms with Crippen molar-refractivity contribution in [3.8, 4) is 5.75 Å². The van der Waals surface area contributed by atoms with E-state index in [0.717, 1.165) is 12.3 Å². The second-order valence-electron chi connectivity index (χ2n) is 6.44. The Morgan fingerprint density at radius 3 is 2.67 bits per heavy atom. The maximum atomic E-state index is 12.6. The van der Waals surface area contributed by atoms with E-state index in [1.807, 2.05) is 0 Å². The minimum absolute atomic E-state index is 0.0874. The van der Waals surface area contributed by atoms with E-state index in [1.54, 1.807) is 7.05 Å². The SMILES string of the molecule is CN(CC1CC2CCC1C2)S(=O)(=O)c1ccc(O)c(N)c1. The van der Waals surface area contributed by atoms with Gasteiger partial charge in [-0.15, -0.1) is 0 Å². The molecule has 2 fully saturated rings. The number of anilines is 1. The third kappa shape index (κ3) is 2.62. The Morgan fingerprint density at radius 1 is 1.33 bits per heavy atom. The number of phenols is 1. The van der Waals surface area contributed by atoms with Gasteiger partial charge in [0.1, 0.15) is 5.75 Å². The van der Waals surface area contributed by atoms with Crippen molar-refractivity contribution in [3.63, 3.8) is 0 Å². The number of benzene rings is 1. The molecule has 3 atom stereocenters.